The summed E-state index contributed by atoms with van der Waals surface area (Å²) >= 11 is 0. The first-order valence-electron chi connectivity index (χ1n) is 19.1. The van der Waals surface area contributed by atoms with Crippen LogP contribution in [-0.4, -0.2) is 53.0 Å². The van der Waals surface area contributed by atoms with Crippen LogP contribution in [0.15, 0.2) is 0 Å². The summed E-state index contributed by atoms with van der Waals surface area (Å²) in [6.07, 6.45) is 30.6. The maximum atomic E-state index is 13.1. The Kier molecular flexibility index (Phi) is 58.4. The van der Waals surface area contributed by atoms with Crippen molar-refractivity contribution in [3.8, 4) is 0 Å². The zero-order chi connectivity index (χ0) is 35.4. The fourth-order valence-corrected chi connectivity index (χ4v) is 5.86. The van der Waals surface area contributed by atoms with Crippen LogP contribution in [0.4, 0.5) is 0 Å². The Morgan fingerprint density at radius 3 is 1.00 bits per heavy atom. The van der Waals surface area contributed by atoms with Crippen LogP contribution in [0.1, 0.15) is 194 Å². The van der Waals surface area contributed by atoms with E-state index in [-0.39, 0.29) is 107 Å². The fraction of sp³-hybridized carbons (Fsp3) is 0.946. The molecule has 0 fully saturated rings. The largest absolute Gasteiger partial charge is 1.00 e. The van der Waals surface area contributed by atoms with Gasteiger partial charge in [-0.25, -0.2) is 0 Å². The van der Waals surface area contributed by atoms with Crippen molar-refractivity contribution in [2.45, 2.75) is 200 Å². The average molecular weight is 761 g/mol. The van der Waals surface area contributed by atoms with E-state index in [0.29, 0.717) is 12.8 Å². The van der Waals surface area contributed by atoms with Crippen molar-refractivity contribution < 1.29 is 133 Å². The van der Waals surface area contributed by atoms with Gasteiger partial charge < -0.3 is 43.3 Å². The monoisotopic (exact) mass is 760 g/mol. The number of esters is 1. The normalized spacial score (nSPS) is 11.5. The molecule has 0 aliphatic heterocycles. The molecule has 0 spiro atoms. The Morgan fingerprint density at radius 2 is 0.740 bits per heavy atom. The Hall–Kier alpha value is 2.33. The van der Waals surface area contributed by atoms with Crippen molar-refractivity contribution in [2.75, 3.05) is 19.8 Å². The number of hydrogen-bond donors (Lipinski definition) is 3. The molecule has 0 rings (SSSR count). The summed E-state index contributed by atoms with van der Waals surface area (Å²) < 4.78 is 5.55. The van der Waals surface area contributed by atoms with Gasteiger partial charge in [-0.2, -0.15) is 0 Å². The van der Waals surface area contributed by atoms with Gasteiger partial charge in [-0.1, -0.05) is 168 Å². The number of unbranched alkanes of at least 4 members (excludes halogenated alkanes) is 24. The molecule has 0 aliphatic rings. The minimum atomic E-state index is -3.37. The molecule has 0 aromatic rings. The molecule has 9 nitrogen and oxygen atoms in total. The van der Waals surface area contributed by atoms with Crippen molar-refractivity contribution >= 4 is 20.4 Å². The quantitative estimate of drug-likeness (QED) is 0.0282. The number of carbonyl (C=O) groups is 2. The first-order valence-corrected chi connectivity index (χ1v) is 20.2. The third-order valence-electron chi connectivity index (χ3n) is 9.05. The fourth-order valence-electron chi connectivity index (χ4n) is 5.86. The molecule has 13 heteroatoms. The Labute approximate surface area is 374 Å². The molecule has 0 aromatic carbocycles. The number of carbonyl (C=O) groups excluding carboxylic acids is 2. The molecule has 0 radical (unpaired) electrons. The van der Waals surface area contributed by atoms with Gasteiger partial charge in [0.25, 0.3) is 0 Å². The van der Waals surface area contributed by atoms with Crippen LogP contribution in [0.5, 0.6) is 0 Å². The third-order valence-corrected chi connectivity index (χ3v) is 9.05. The van der Waals surface area contributed by atoms with Gasteiger partial charge >= 0.3 is 94.6 Å². The second-order valence-electron chi connectivity index (χ2n) is 13.4. The average Bonchev–Trinajstić information content (AvgIpc) is 3.05. The summed E-state index contributed by atoms with van der Waals surface area (Å²) in [5.74, 6) is -0.814. The molecule has 282 valence electrons. The van der Waals surface area contributed by atoms with E-state index >= 15 is 0 Å². The molecule has 0 bridgehead atoms. The van der Waals surface area contributed by atoms with Crippen molar-refractivity contribution in [3.63, 3.8) is 0 Å². The molecule has 1 unspecified atom stereocenters. The maximum absolute atomic E-state index is 13.1. The van der Waals surface area contributed by atoms with E-state index in [4.69, 9.17) is 19.4 Å². The standard InChI is InChI=1S/C37H72O6.3Na.O3P/c1-3-5-7-9-11-13-15-17-19-21-23-25-27-29-34(41)36(37(31-38,32-39)33-40)43-35(42)30-28-26-24-22-20-18-16-14-12-10-8-6-4-2;;;;1-4(2)3/h36,38-40H,3-33H2,1-2H3;;;;/q;3*+1;-3. The number of hydrogen-bond acceptors (Lipinski definition) is 9. The van der Waals surface area contributed by atoms with E-state index in [9.17, 15) is 24.9 Å². The van der Waals surface area contributed by atoms with Crippen molar-refractivity contribution in [1.82, 2.24) is 0 Å². The van der Waals surface area contributed by atoms with Crippen molar-refractivity contribution in [3.05, 3.63) is 0 Å². The first kappa shape index (κ1) is 61.5. The van der Waals surface area contributed by atoms with Crippen LogP contribution in [0.25, 0.3) is 0 Å². The van der Waals surface area contributed by atoms with E-state index in [0.717, 1.165) is 32.1 Å². The Balaban J connectivity index is -0.000000910. The molecule has 0 saturated carbocycles. The Bertz CT molecular complexity index is 680. The van der Waals surface area contributed by atoms with Crippen molar-refractivity contribution in [1.29, 1.82) is 0 Å². The van der Waals surface area contributed by atoms with Gasteiger partial charge in [-0.15, -0.1) is 0 Å². The van der Waals surface area contributed by atoms with Crippen LogP contribution < -0.4 is 103 Å². The molecule has 0 saturated heterocycles. The van der Waals surface area contributed by atoms with Crippen LogP contribution >= 0.6 is 8.60 Å². The predicted octanol–water partition coefficient (Wildman–Crippen LogP) is -2.30. The van der Waals surface area contributed by atoms with Crippen LogP contribution in [0.3, 0.4) is 0 Å². The predicted molar refractivity (Wildman–Crippen MR) is 186 cm³/mol. The SMILES string of the molecule is CCCCCCCCCCCCCCCC(=O)OC(C(=O)CCCCCCCCCCCCCCC)C(CO)(CO)CO.[Na+].[Na+].[Na+].[O-]P([O-])[O-]. The molecule has 0 heterocycles. The van der Waals surface area contributed by atoms with E-state index < -0.39 is 45.9 Å². The Morgan fingerprint density at radius 1 is 0.500 bits per heavy atom. The second-order valence-corrected chi connectivity index (χ2v) is 13.8. The molecule has 50 heavy (non-hydrogen) atoms. The summed E-state index contributed by atoms with van der Waals surface area (Å²) in [4.78, 5) is 51.1. The molecular weight excluding hydrogens is 688 g/mol. The number of ketones is 1. The van der Waals surface area contributed by atoms with Gasteiger partial charge in [-0.05, 0) is 12.8 Å². The number of rotatable bonds is 34. The summed E-state index contributed by atoms with van der Waals surface area (Å²) in [5.41, 5.74) is -1.56. The summed E-state index contributed by atoms with van der Waals surface area (Å²) in [6, 6.07) is 0. The minimum Gasteiger partial charge on any atom is -0.854 e. The topological polar surface area (TPSA) is 173 Å². The maximum Gasteiger partial charge on any atom is 1.00 e. The molecule has 1 atom stereocenters. The van der Waals surface area contributed by atoms with E-state index in [1.165, 1.54) is 122 Å². The number of aliphatic hydroxyl groups is 3. The third kappa shape index (κ3) is 40.0. The summed E-state index contributed by atoms with van der Waals surface area (Å²) in [5, 5.41) is 29.8. The number of ether oxygens (including phenoxy) is 1. The molecule has 0 amide bonds. The van der Waals surface area contributed by atoms with Gasteiger partial charge in [0.1, 0.15) is 0 Å². The smallest absolute Gasteiger partial charge is 0.854 e. The van der Waals surface area contributed by atoms with Gasteiger partial charge in [-0.3, -0.25) is 9.59 Å². The first-order chi connectivity index (χ1) is 22.7. The molecule has 0 aromatic heterocycles. The van der Waals surface area contributed by atoms with Crippen LogP contribution in [0, 0.1) is 5.41 Å². The molecule has 3 N–H and O–H groups in total. The van der Waals surface area contributed by atoms with E-state index in [1.54, 1.807) is 0 Å². The number of Topliss-reactive ketones (excluding diaryl/α,β-unsaturated/α-hetero) is 1. The van der Waals surface area contributed by atoms with Gasteiger partial charge in [0.2, 0.25) is 0 Å². The zero-order valence-corrected chi connectivity index (χ0v) is 40.1. The summed E-state index contributed by atoms with van der Waals surface area (Å²) in [7, 11) is -3.37. The minimum absolute atomic E-state index is 0. The van der Waals surface area contributed by atoms with Crippen LogP contribution in [0.2, 0.25) is 0 Å². The van der Waals surface area contributed by atoms with Crippen molar-refractivity contribution in [2.24, 2.45) is 5.41 Å². The second kappa shape index (κ2) is 47.5. The van der Waals surface area contributed by atoms with Gasteiger partial charge in [0.15, 0.2) is 11.9 Å². The summed E-state index contributed by atoms with van der Waals surface area (Å²) in [6.45, 7) is 2.62. The number of aliphatic hydroxyl groups excluding tert-OH is 3. The van der Waals surface area contributed by atoms with Gasteiger partial charge in [0.05, 0.1) is 25.2 Å². The van der Waals surface area contributed by atoms with Crippen LogP contribution in [-0.2, 0) is 14.3 Å². The molecule has 0 aliphatic carbocycles. The molecular formula is C37H72Na3O9P. The van der Waals surface area contributed by atoms with Gasteiger partial charge in [0, 0.05) is 12.8 Å². The van der Waals surface area contributed by atoms with E-state index in [2.05, 4.69) is 13.8 Å². The van der Waals surface area contributed by atoms with E-state index in [1.807, 2.05) is 0 Å². The zero-order valence-electron chi connectivity index (χ0n) is 33.2.